The molecule has 0 aliphatic carbocycles. The molecule has 2 rings (SSSR count). The van der Waals surface area contributed by atoms with Crippen LogP contribution >= 0.6 is 0 Å². The first kappa shape index (κ1) is 14.7. The van der Waals surface area contributed by atoms with Gasteiger partial charge in [-0.25, -0.2) is 8.78 Å². The second-order valence-electron chi connectivity index (χ2n) is 4.10. The van der Waals surface area contributed by atoms with Gasteiger partial charge in [-0.05, 0) is 30.3 Å². The Hall–Kier alpha value is -2.71. The molecule has 0 radical (unpaired) electrons. The van der Waals surface area contributed by atoms with Crippen LogP contribution in [-0.2, 0) is 0 Å². The van der Waals surface area contributed by atoms with Crippen LogP contribution in [0.1, 0.15) is 15.9 Å². The summed E-state index contributed by atoms with van der Waals surface area (Å²) in [6.07, 6.45) is 0. The maximum atomic E-state index is 13.5. The van der Waals surface area contributed by atoms with Crippen LogP contribution in [0.4, 0.5) is 14.5 Å². The van der Waals surface area contributed by atoms with Gasteiger partial charge >= 0.3 is 0 Å². The first-order valence-corrected chi connectivity index (χ1v) is 6.07. The third-order valence-electron chi connectivity index (χ3n) is 2.64. The smallest absolute Gasteiger partial charge is 0.255 e. The third kappa shape index (κ3) is 3.65. The Morgan fingerprint density at radius 3 is 2.71 bits per heavy atom. The van der Waals surface area contributed by atoms with Crippen molar-refractivity contribution in [2.24, 2.45) is 0 Å². The second kappa shape index (κ2) is 6.64. The van der Waals surface area contributed by atoms with Crippen molar-refractivity contribution < 1.29 is 18.7 Å². The molecular formula is C16H11F2NO2. The van der Waals surface area contributed by atoms with Crippen molar-refractivity contribution in [2.75, 3.05) is 11.9 Å². The Bertz CT molecular complexity index is 733. The molecule has 2 aromatic rings. The molecule has 0 spiro atoms. The van der Waals surface area contributed by atoms with Gasteiger partial charge in [-0.15, -0.1) is 0 Å². The molecule has 2 N–H and O–H groups in total. The lowest BCUT2D eigenvalue weighted by molar-refractivity contribution is 0.102. The van der Waals surface area contributed by atoms with Crippen molar-refractivity contribution in [1.82, 2.24) is 0 Å². The van der Waals surface area contributed by atoms with Gasteiger partial charge in [0.15, 0.2) is 11.6 Å². The van der Waals surface area contributed by atoms with Crippen LogP contribution in [0, 0.1) is 23.5 Å². The molecule has 0 unspecified atom stereocenters. The van der Waals surface area contributed by atoms with Crippen LogP contribution < -0.4 is 5.32 Å². The number of aliphatic hydroxyl groups excluding tert-OH is 1. The van der Waals surface area contributed by atoms with Crippen molar-refractivity contribution in [3.8, 4) is 11.8 Å². The fourth-order valence-electron chi connectivity index (χ4n) is 1.67. The number of hydrogen-bond acceptors (Lipinski definition) is 2. The SMILES string of the molecule is O=C(Nc1cccc(F)c1F)c1cccc(C#CCO)c1. The zero-order chi connectivity index (χ0) is 15.2. The van der Waals surface area contributed by atoms with E-state index in [0.29, 0.717) is 5.56 Å². The minimum absolute atomic E-state index is 0.230. The first-order chi connectivity index (χ1) is 10.1. The van der Waals surface area contributed by atoms with E-state index in [-0.39, 0.29) is 17.9 Å². The molecule has 0 bridgehead atoms. The molecule has 0 atom stereocenters. The van der Waals surface area contributed by atoms with E-state index < -0.39 is 17.5 Å². The molecule has 106 valence electrons. The summed E-state index contributed by atoms with van der Waals surface area (Å²) in [6, 6.07) is 9.84. The highest BCUT2D eigenvalue weighted by molar-refractivity contribution is 6.04. The zero-order valence-corrected chi connectivity index (χ0v) is 10.9. The number of benzene rings is 2. The lowest BCUT2D eigenvalue weighted by atomic mass is 10.1. The number of aliphatic hydroxyl groups is 1. The van der Waals surface area contributed by atoms with E-state index >= 15 is 0 Å². The van der Waals surface area contributed by atoms with E-state index in [4.69, 9.17) is 5.11 Å². The predicted octanol–water partition coefficient (Wildman–Crippen LogP) is 2.56. The topological polar surface area (TPSA) is 49.3 Å². The number of amides is 1. The summed E-state index contributed by atoms with van der Waals surface area (Å²) >= 11 is 0. The van der Waals surface area contributed by atoms with Crippen molar-refractivity contribution in [1.29, 1.82) is 0 Å². The van der Waals surface area contributed by atoms with Gasteiger partial charge in [0.05, 0.1) is 5.69 Å². The molecule has 1 amide bonds. The van der Waals surface area contributed by atoms with Crippen LogP contribution in [0.5, 0.6) is 0 Å². The summed E-state index contributed by atoms with van der Waals surface area (Å²) in [5.41, 5.74) is 0.562. The van der Waals surface area contributed by atoms with Crippen molar-refractivity contribution in [3.63, 3.8) is 0 Å². The van der Waals surface area contributed by atoms with E-state index in [0.717, 1.165) is 6.07 Å². The fourth-order valence-corrected chi connectivity index (χ4v) is 1.67. The quantitative estimate of drug-likeness (QED) is 0.834. The highest BCUT2D eigenvalue weighted by Crippen LogP contribution is 2.17. The van der Waals surface area contributed by atoms with Crippen LogP contribution in [0.25, 0.3) is 0 Å². The minimum atomic E-state index is -1.11. The number of carbonyl (C=O) groups excluding carboxylic acids is 1. The average Bonchev–Trinajstić information content (AvgIpc) is 2.50. The maximum absolute atomic E-state index is 13.5. The third-order valence-corrected chi connectivity index (χ3v) is 2.64. The Morgan fingerprint density at radius 1 is 1.19 bits per heavy atom. The van der Waals surface area contributed by atoms with Crippen LogP contribution in [-0.4, -0.2) is 17.6 Å². The number of carbonyl (C=O) groups is 1. The van der Waals surface area contributed by atoms with E-state index in [1.807, 2.05) is 0 Å². The molecule has 3 nitrogen and oxygen atoms in total. The van der Waals surface area contributed by atoms with E-state index in [1.54, 1.807) is 12.1 Å². The largest absolute Gasteiger partial charge is 0.384 e. The molecule has 21 heavy (non-hydrogen) atoms. The van der Waals surface area contributed by atoms with Crippen LogP contribution in [0.3, 0.4) is 0 Å². The summed E-state index contributed by atoms with van der Waals surface area (Å²) in [5, 5.41) is 10.9. The van der Waals surface area contributed by atoms with Gasteiger partial charge in [0.1, 0.15) is 6.61 Å². The van der Waals surface area contributed by atoms with Gasteiger partial charge in [0.25, 0.3) is 5.91 Å². The Balaban J connectivity index is 2.22. The molecule has 0 fully saturated rings. The van der Waals surface area contributed by atoms with Crippen molar-refractivity contribution in [2.45, 2.75) is 0 Å². The summed E-state index contributed by atoms with van der Waals surface area (Å²) in [4.78, 5) is 12.0. The molecule has 2 aromatic carbocycles. The average molecular weight is 287 g/mol. The standard InChI is InChI=1S/C16H11F2NO2/c17-13-7-2-8-14(15(13)18)19-16(21)12-6-1-4-11(10-12)5-3-9-20/h1-2,4,6-8,10,20H,9H2,(H,19,21). The molecule has 0 aliphatic rings. The molecular weight excluding hydrogens is 276 g/mol. The summed E-state index contributed by atoms with van der Waals surface area (Å²) in [5.74, 6) is 2.40. The summed E-state index contributed by atoms with van der Waals surface area (Å²) in [6.45, 7) is -0.287. The minimum Gasteiger partial charge on any atom is -0.384 e. The Kier molecular flexibility index (Phi) is 4.64. The van der Waals surface area contributed by atoms with Crippen LogP contribution in [0.2, 0.25) is 0 Å². The predicted molar refractivity (Wildman–Crippen MR) is 74.7 cm³/mol. The molecule has 0 aromatic heterocycles. The number of hydrogen-bond donors (Lipinski definition) is 2. The lowest BCUT2D eigenvalue weighted by Crippen LogP contribution is -2.13. The van der Waals surface area contributed by atoms with Crippen LogP contribution in [0.15, 0.2) is 42.5 Å². The van der Waals surface area contributed by atoms with E-state index in [1.165, 1.54) is 24.3 Å². The summed E-state index contributed by atoms with van der Waals surface area (Å²) in [7, 11) is 0. The normalized spacial score (nSPS) is 9.67. The molecule has 0 saturated heterocycles. The molecule has 0 heterocycles. The lowest BCUT2D eigenvalue weighted by Gasteiger charge is -2.07. The van der Waals surface area contributed by atoms with Gasteiger partial charge < -0.3 is 10.4 Å². The number of anilines is 1. The summed E-state index contributed by atoms with van der Waals surface area (Å²) < 4.78 is 26.6. The van der Waals surface area contributed by atoms with Gasteiger partial charge in [-0.3, -0.25) is 4.79 Å². The van der Waals surface area contributed by atoms with E-state index in [2.05, 4.69) is 17.2 Å². The number of nitrogens with one attached hydrogen (secondary N) is 1. The number of rotatable bonds is 2. The number of halogens is 2. The molecule has 5 heteroatoms. The second-order valence-corrected chi connectivity index (χ2v) is 4.10. The zero-order valence-electron chi connectivity index (χ0n) is 10.9. The highest BCUT2D eigenvalue weighted by Gasteiger charge is 2.12. The monoisotopic (exact) mass is 287 g/mol. The van der Waals surface area contributed by atoms with Gasteiger partial charge in [-0.2, -0.15) is 0 Å². The molecule has 0 aliphatic heterocycles. The van der Waals surface area contributed by atoms with Crippen molar-refractivity contribution in [3.05, 3.63) is 65.2 Å². The first-order valence-electron chi connectivity index (χ1n) is 6.07. The highest BCUT2D eigenvalue weighted by atomic mass is 19.2. The van der Waals surface area contributed by atoms with Gasteiger partial charge in [0.2, 0.25) is 0 Å². The van der Waals surface area contributed by atoms with E-state index in [9.17, 15) is 13.6 Å². The van der Waals surface area contributed by atoms with Crippen molar-refractivity contribution >= 4 is 11.6 Å². The van der Waals surface area contributed by atoms with Gasteiger partial charge in [0, 0.05) is 11.1 Å². The Morgan fingerprint density at radius 2 is 1.95 bits per heavy atom. The Labute approximate surface area is 120 Å². The fraction of sp³-hybridized carbons (Fsp3) is 0.0625. The molecule has 0 saturated carbocycles. The maximum Gasteiger partial charge on any atom is 0.255 e. The van der Waals surface area contributed by atoms with Gasteiger partial charge in [-0.1, -0.05) is 24.0 Å².